The predicted molar refractivity (Wildman–Crippen MR) is 125 cm³/mol. The van der Waals surface area contributed by atoms with E-state index in [-0.39, 0.29) is 36.2 Å². The van der Waals surface area contributed by atoms with Crippen molar-refractivity contribution < 1.29 is 18.8 Å². The van der Waals surface area contributed by atoms with E-state index in [0.29, 0.717) is 22.9 Å². The third-order valence-electron chi connectivity index (χ3n) is 5.10. The van der Waals surface area contributed by atoms with Gasteiger partial charge >= 0.3 is 5.69 Å². The highest BCUT2D eigenvalue weighted by Gasteiger charge is 2.19. The van der Waals surface area contributed by atoms with Gasteiger partial charge in [0, 0.05) is 26.0 Å². The zero-order valence-electron chi connectivity index (χ0n) is 19.2. The number of ether oxygens (including phenoxy) is 2. The van der Waals surface area contributed by atoms with Crippen molar-refractivity contribution in [1.82, 2.24) is 24.5 Å². The number of para-hydroxylation sites is 1. The van der Waals surface area contributed by atoms with Crippen molar-refractivity contribution >= 4 is 11.6 Å². The van der Waals surface area contributed by atoms with Crippen LogP contribution < -0.4 is 26.0 Å². The van der Waals surface area contributed by atoms with E-state index in [1.807, 2.05) is 0 Å². The van der Waals surface area contributed by atoms with Gasteiger partial charge in [-0.1, -0.05) is 23.4 Å². The number of rotatable bonds is 8. The number of hydrogen-bond donors (Lipinski definition) is 1. The molecule has 35 heavy (non-hydrogen) atoms. The van der Waals surface area contributed by atoms with Crippen LogP contribution in [0.2, 0.25) is 0 Å². The Balaban J connectivity index is 1.52. The van der Waals surface area contributed by atoms with Crippen molar-refractivity contribution in [3.8, 4) is 28.7 Å². The van der Waals surface area contributed by atoms with Crippen LogP contribution in [0.5, 0.6) is 11.5 Å². The fraction of sp³-hybridized carbons (Fsp3) is 0.217. The van der Waals surface area contributed by atoms with Crippen LogP contribution in [0.3, 0.4) is 0 Å². The maximum absolute atomic E-state index is 12.6. The van der Waals surface area contributed by atoms with Gasteiger partial charge in [0.15, 0.2) is 5.69 Å². The summed E-state index contributed by atoms with van der Waals surface area (Å²) in [4.78, 5) is 41.8. The first kappa shape index (κ1) is 23.4. The molecule has 2 aromatic heterocycles. The fourth-order valence-electron chi connectivity index (χ4n) is 3.25. The van der Waals surface area contributed by atoms with Crippen molar-refractivity contribution in [1.29, 1.82) is 0 Å². The molecule has 4 aromatic rings. The van der Waals surface area contributed by atoms with E-state index < -0.39 is 11.2 Å². The summed E-state index contributed by atoms with van der Waals surface area (Å²) in [5.41, 5.74) is -0.506. The summed E-state index contributed by atoms with van der Waals surface area (Å²) in [5.74, 6) is 0.778. The Labute approximate surface area is 198 Å². The molecular formula is C23H22N6O6. The van der Waals surface area contributed by atoms with Gasteiger partial charge in [0.05, 0.1) is 25.6 Å². The minimum absolute atomic E-state index is 0.0248. The first-order valence-electron chi connectivity index (χ1n) is 10.5. The van der Waals surface area contributed by atoms with Gasteiger partial charge in [-0.15, -0.1) is 0 Å². The summed E-state index contributed by atoms with van der Waals surface area (Å²) in [6.07, 6.45) is 0.140. The van der Waals surface area contributed by atoms with E-state index in [0.717, 1.165) is 9.25 Å². The van der Waals surface area contributed by atoms with Gasteiger partial charge in [-0.3, -0.25) is 14.2 Å². The molecule has 0 saturated carbocycles. The molecule has 0 radical (unpaired) electrons. The van der Waals surface area contributed by atoms with Gasteiger partial charge in [-0.25, -0.2) is 4.79 Å². The molecule has 0 saturated heterocycles. The molecular weight excluding hydrogens is 456 g/mol. The van der Waals surface area contributed by atoms with Crippen LogP contribution in [0, 0.1) is 0 Å². The van der Waals surface area contributed by atoms with E-state index in [1.165, 1.54) is 21.3 Å². The summed E-state index contributed by atoms with van der Waals surface area (Å²) in [7, 11) is 4.36. The lowest BCUT2D eigenvalue weighted by Gasteiger charge is -2.11. The normalized spacial score (nSPS) is 10.7. The lowest BCUT2D eigenvalue weighted by Crippen LogP contribution is -2.40. The lowest BCUT2D eigenvalue weighted by molar-refractivity contribution is -0.116. The summed E-state index contributed by atoms with van der Waals surface area (Å²) >= 11 is 0. The summed E-state index contributed by atoms with van der Waals surface area (Å²) in [6.45, 7) is 0. The minimum atomic E-state index is -0.669. The number of aryl methyl sites for hydroxylation is 1. The maximum Gasteiger partial charge on any atom is 0.351 e. The fourth-order valence-corrected chi connectivity index (χ4v) is 3.25. The van der Waals surface area contributed by atoms with E-state index >= 15 is 0 Å². The number of carbonyl (C=O) groups is 1. The second-order valence-corrected chi connectivity index (χ2v) is 7.37. The molecule has 12 heteroatoms. The van der Waals surface area contributed by atoms with Gasteiger partial charge in [-0.05, 0) is 24.3 Å². The standard InChI is InChI=1S/C23H22N6O6/c1-28-22(31)20(26-29(23(28)32)14-7-5-4-6-8-14)21-25-19(35-27-21)12-11-18(30)24-16-13-15(33-2)9-10-17(16)34-3/h4-10,13H,11-12H2,1-3H3,(H,24,30). The molecule has 2 heterocycles. The average molecular weight is 478 g/mol. The molecule has 0 fully saturated rings. The number of nitrogens with one attached hydrogen (secondary N) is 1. The largest absolute Gasteiger partial charge is 0.497 e. The van der Waals surface area contributed by atoms with Crippen LogP contribution in [-0.4, -0.2) is 44.6 Å². The smallest absolute Gasteiger partial charge is 0.351 e. The number of benzene rings is 2. The van der Waals surface area contributed by atoms with Crippen LogP contribution in [0.15, 0.2) is 62.6 Å². The molecule has 4 rings (SSSR count). The zero-order chi connectivity index (χ0) is 24.9. The van der Waals surface area contributed by atoms with Crippen molar-refractivity contribution in [3.05, 3.63) is 75.3 Å². The van der Waals surface area contributed by atoms with Crippen molar-refractivity contribution in [3.63, 3.8) is 0 Å². The number of carbonyl (C=O) groups excluding carboxylic acids is 1. The second-order valence-electron chi connectivity index (χ2n) is 7.37. The molecule has 0 spiro atoms. The maximum atomic E-state index is 12.6. The molecule has 0 atom stereocenters. The van der Waals surface area contributed by atoms with Gasteiger partial charge in [0.1, 0.15) is 11.5 Å². The highest BCUT2D eigenvalue weighted by atomic mass is 16.5. The predicted octanol–water partition coefficient (Wildman–Crippen LogP) is 1.57. The highest BCUT2D eigenvalue weighted by Crippen LogP contribution is 2.29. The van der Waals surface area contributed by atoms with Gasteiger partial charge < -0.3 is 19.3 Å². The molecule has 2 aromatic carbocycles. The third-order valence-corrected chi connectivity index (χ3v) is 5.10. The molecule has 0 aliphatic heterocycles. The quantitative estimate of drug-likeness (QED) is 0.399. The van der Waals surface area contributed by atoms with Gasteiger partial charge in [0.2, 0.25) is 17.6 Å². The zero-order valence-corrected chi connectivity index (χ0v) is 19.2. The van der Waals surface area contributed by atoms with Crippen LogP contribution in [0.25, 0.3) is 17.2 Å². The molecule has 180 valence electrons. The monoisotopic (exact) mass is 478 g/mol. The number of amides is 1. The molecule has 12 nitrogen and oxygen atoms in total. The van der Waals surface area contributed by atoms with Crippen LogP contribution >= 0.6 is 0 Å². The summed E-state index contributed by atoms with van der Waals surface area (Å²) < 4.78 is 17.6. The molecule has 1 amide bonds. The number of anilines is 1. The Morgan fingerprint density at radius 2 is 1.86 bits per heavy atom. The average Bonchev–Trinajstić information content (AvgIpc) is 3.35. The molecule has 0 bridgehead atoms. The molecule has 0 aliphatic rings. The van der Waals surface area contributed by atoms with E-state index in [4.69, 9.17) is 14.0 Å². The molecule has 1 N–H and O–H groups in total. The first-order chi connectivity index (χ1) is 16.9. The van der Waals surface area contributed by atoms with Gasteiger partial charge in [-0.2, -0.15) is 14.8 Å². The van der Waals surface area contributed by atoms with Crippen LogP contribution in [-0.2, 0) is 18.3 Å². The topological polar surface area (TPSA) is 143 Å². The van der Waals surface area contributed by atoms with Crippen molar-refractivity contribution in [2.45, 2.75) is 12.8 Å². The Hall–Kier alpha value is -4.74. The van der Waals surface area contributed by atoms with E-state index in [2.05, 4.69) is 20.6 Å². The Kier molecular flexibility index (Phi) is 6.71. The third kappa shape index (κ3) is 4.95. The first-order valence-corrected chi connectivity index (χ1v) is 10.5. The number of methoxy groups -OCH3 is 2. The molecule has 0 aliphatic carbocycles. The highest BCUT2D eigenvalue weighted by molar-refractivity contribution is 5.92. The second kappa shape index (κ2) is 10.0. The Morgan fingerprint density at radius 3 is 2.57 bits per heavy atom. The summed E-state index contributed by atoms with van der Waals surface area (Å²) in [6, 6.07) is 13.7. The van der Waals surface area contributed by atoms with E-state index in [1.54, 1.807) is 48.5 Å². The summed E-state index contributed by atoms with van der Waals surface area (Å²) in [5, 5.41) is 10.7. The Morgan fingerprint density at radius 1 is 1.09 bits per heavy atom. The van der Waals surface area contributed by atoms with Crippen molar-refractivity contribution in [2.75, 3.05) is 19.5 Å². The van der Waals surface area contributed by atoms with Crippen molar-refractivity contribution in [2.24, 2.45) is 7.05 Å². The minimum Gasteiger partial charge on any atom is -0.497 e. The number of aromatic nitrogens is 5. The van der Waals surface area contributed by atoms with Crippen LogP contribution in [0.4, 0.5) is 5.69 Å². The van der Waals surface area contributed by atoms with Crippen LogP contribution in [0.1, 0.15) is 12.3 Å². The number of nitrogens with zero attached hydrogens (tertiary/aromatic N) is 5. The number of hydrogen-bond acceptors (Lipinski definition) is 9. The lowest BCUT2D eigenvalue weighted by atomic mass is 10.2. The molecule has 0 unspecified atom stereocenters. The SMILES string of the molecule is COc1ccc(OC)c(NC(=O)CCc2nc(-c3nn(-c4ccccc4)c(=O)n(C)c3=O)no2)c1. The Bertz CT molecular complexity index is 1470. The van der Waals surface area contributed by atoms with Gasteiger partial charge in [0.25, 0.3) is 5.56 Å². The van der Waals surface area contributed by atoms with E-state index in [9.17, 15) is 14.4 Å².